The van der Waals surface area contributed by atoms with Gasteiger partial charge < -0.3 is 15.7 Å². The molecule has 9 heteroatoms. The lowest BCUT2D eigenvalue weighted by Crippen LogP contribution is -2.63. The number of aliphatic hydroxyl groups is 1. The van der Waals surface area contributed by atoms with Crippen LogP contribution in [0.5, 0.6) is 0 Å². The number of nitrogens with zero attached hydrogens (tertiary/aromatic N) is 2. The van der Waals surface area contributed by atoms with E-state index < -0.39 is 17.3 Å². The predicted octanol–water partition coefficient (Wildman–Crippen LogP) is 4.11. The molecule has 3 aliphatic rings. The van der Waals surface area contributed by atoms with Crippen molar-refractivity contribution in [3.63, 3.8) is 0 Å². The molecule has 0 radical (unpaired) electrons. The van der Waals surface area contributed by atoms with Gasteiger partial charge in [0.15, 0.2) is 0 Å². The number of anilines is 1. The summed E-state index contributed by atoms with van der Waals surface area (Å²) in [6.45, 7) is 1.59. The molecule has 0 atom stereocenters. The Hall–Kier alpha value is -2.65. The molecular formula is C26H31F3N4O2. The Bertz CT molecular complexity index is 1100. The van der Waals surface area contributed by atoms with Crippen LogP contribution in [0.3, 0.4) is 0 Å². The molecule has 0 unspecified atom stereocenters. The van der Waals surface area contributed by atoms with Gasteiger partial charge in [-0.25, -0.2) is 0 Å². The van der Waals surface area contributed by atoms with Crippen molar-refractivity contribution in [2.75, 3.05) is 25.0 Å². The summed E-state index contributed by atoms with van der Waals surface area (Å²) in [5.41, 5.74) is -0.410. The van der Waals surface area contributed by atoms with Crippen LogP contribution in [0.25, 0.3) is 10.9 Å². The van der Waals surface area contributed by atoms with Crippen LogP contribution < -0.4 is 10.6 Å². The number of carbonyl (C=O) groups is 1. The largest absolute Gasteiger partial charge is 0.416 e. The fourth-order valence-electron chi connectivity index (χ4n) is 5.80. The topological polar surface area (TPSA) is 77.5 Å². The number of rotatable bonds is 6. The van der Waals surface area contributed by atoms with Crippen LogP contribution >= 0.6 is 0 Å². The third-order valence-corrected chi connectivity index (χ3v) is 7.87. The van der Waals surface area contributed by atoms with Crippen LogP contribution in [0.4, 0.5) is 18.9 Å². The number of amides is 1. The number of alkyl halides is 3. The lowest BCUT2D eigenvalue weighted by Gasteiger charge is -2.48. The minimum atomic E-state index is -4.44. The van der Waals surface area contributed by atoms with Crippen molar-refractivity contribution in [2.24, 2.45) is 5.92 Å². The van der Waals surface area contributed by atoms with E-state index in [1.165, 1.54) is 12.3 Å². The fraction of sp³-hybridized carbons (Fsp3) is 0.538. The summed E-state index contributed by atoms with van der Waals surface area (Å²) in [4.78, 5) is 19.0. The lowest BCUT2D eigenvalue weighted by molar-refractivity contribution is -0.137. The van der Waals surface area contributed by atoms with Gasteiger partial charge in [-0.1, -0.05) is 12.2 Å². The molecule has 6 nitrogen and oxygen atoms in total. The lowest BCUT2D eigenvalue weighted by atomic mass is 9.73. The van der Waals surface area contributed by atoms with Crippen molar-refractivity contribution in [1.82, 2.24) is 15.2 Å². The summed E-state index contributed by atoms with van der Waals surface area (Å²) in [5, 5.41) is 17.1. The third kappa shape index (κ3) is 5.16. The Morgan fingerprint density at radius 1 is 1.11 bits per heavy atom. The molecule has 0 spiro atoms. The van der Waals surface area contributed by atoms with Gasteiger partial charge in [0.1, 0.15) is 0 Å². The van der Waals surface area contributed by atoms with E-state index >= 15 is 0 Å². The van der Waals surface area contributed by atoms with Crippen LogP contribution in [0.15, 0.2) is 42.6 Å². The van der Waals surface area contributed by atoms with E-state index in [-0.39, 0.29) is 18.5 Å². The van der Waals surface area contributed by atoms with Gasteiger partial charge in [0.25, 0.3) is 0 Å². The van der Waals surface area contributed by atoms with Crippen molar-refractivity contribution in [2.45, 2.75) is 62.4 Å². The molecule has 1 amide bonds. The Morgan fingerprint density at radius 2 is 1.83 bits per heavy atom. The number of fused-ring (bicyclic) bond motifs is 1. The maximum atomic E-state index is 13.1. The molecule has 3 N–H and O–H groups in total. The molecule has 2 aliphatic carbocycles. The average molecular weight is 489 g/mol. The first-order valence-corrected chi connectivity index (χ1v) is 12.3. The number of aromatic nitrogens is 1. The molecule has 2 heterocycles. The van der Waals surface area contributed by atoms with E-state index in [9.17, 15) is 23.1 Å². The number of pyridine rings is 1. The highest BCUT2D eigenvalue weighted by atomic mass is 19.4. The number of halogens is 3. The highest BCUT2D eigenvalue weighted by Crippen LogP contribution is 2.41. The number of likely N-dealkylation sites (tertiary alicyclic amines) is 1. The standard InChI is InChI=1S/C26H31F3N4O2/c27-26(28,29)18-5-8-22-21(13-18)23(9-12-30-22)31-14-24(34)32-19-15-33(16-19)20-6-3-17(4-7-20)25(35)10-1-2-11-25/h1-2,5,8-9,12-13,17,19-20,35H,3-4,6-7,10-11,14-16H2,(H,30,31)(H,32,34)/t17-,20-. The van der Waals surface area contributed by atoms with Gasteiger partial charge in [-0.15, -0.1) is 0 Å². The van der Waals surface area contributed by atoms with Crippen molar-refractivity contribution in [1.29, 1.82) is 0 Å². The minimum absolute atomic E-state index is 0.0242. The second kappa shape index (κ2) is 9.43. The molecule has 5 rings (SSSR count). The molecule has 2 fully saturated rings. The van der Waals surface area contributed by atoms with Crippen LogP contribution in [0.2, 0.25) is 0 Å². The normalized spacial score (nSPS) is 24.9. The van der Waals surface area contributed by atoms with Crippen molar-refractivity contribution < 1.29 is 23.1 Å². The number of hydrogen-bond acceptors (Lipinski definition) is 5. The van der Waals surface area contributed by atoms with Crippen molar-refractivity contribution >= 4 is 22.5 Å². The second-order valence-electron chi connectivity index (χ2n) is 10.1. The second-order valence-corrected chi connectivity index (χ2v) is 10.1. The Kier molecular flexibility index (Phi) is 6.48. The highest BCUT2D eigenvalue weighted by Gasteiger charge is 2.42. The van der Waals surface area contributed by atoms with Gasteiger partial charge >= 0.3 is 6.18 Å². The van der Waals surface area contributed by atoms with Gasteiger partial charge in [-0.05, 0) is 68.7 Å². The smallest absolute Gasteiger partial charge is 0.389 e. The average Bonchev–Trinajstić information content (AvgIpc) is 3.26. The summed E-state index contributed by atoms with van der Waals surface area (Å²) in [6.07, 6.45) is 7.00. The maximum Gasteiger partial charge on any atom is 0.416 e. The van der Waals surface area contributed by atoms with Crippen LogP contribution in [0.1, 0.15) is 44.1 Å². The quantitative estimate of drug-likeness (QED) is 0.534. The minimum Gasteiger partial charge on any atom is -0.389 e. The van der Waals surface area contributed by atoms with Crippen LogP contribution in [-0.4, -0.2) is 58.2 Å². The van der Waals surface area contributed by atoms with E-state index in [0.29, 0.717) is 28.6 Å². The highest BCUT2D eigenvalue weighted by molar-refractivity contribution is 5.93. The predicted molar refractivity (Wildman–Crippen MR) is 128 cm³/mol. The zero-order valence-corrected chi connectivity index (χ0v) is 19.5. The summed E-state index contributed by atoms with van der Waals surface area (Å²) in [6, 6.07) is 5.56. The van der Waals surface area contributed by atoms with E-state index in [2.05, 4.69) is 32.7 Å². The first kappa shape index (κ1) is 24.1. The molecule has 0 bridgehead atoms. The van der Waals surface area contributed by atoms with E-state index in [4.69, 9.17) is 0 Å². The molecule has 1 saturated heterocycles. The molecule has 1 aromatic carbocycles. The van der Waals surface area contributed by atoms with E-state index in [1.54, 1.807) is 6.07 Å². The van der Waals surface area contributed by atoms with Gasteiger partial charge in [-0.2, -0.15) is 13.2 Å². The summed E-state index contributed by atoms with van der Waals surface area (Å²) < 4.78 is 39.3. The van der Waals surface area contributed by atoms with Gasteiger partial charge in [0.05, 0.1) is 29.3 Å². The van der Waals surface area contributed by atoms with Gasteiger partial charge in [0, 0.05) is 36.4 Å². The SMILES string of the molecule is O=C(CNc1ccnc2ccc(C(F)(F)F)cc12)NC1CN([C@H]2CC[C@H](C3(O)CC=CC3)CC2)C1. The molecule has 1 aromatic heterocycles. The monoisotopic (exact) mass is 488 g/mol. The Balaban J connectivity index is 1.08. The number of hydrogen-bond donors (Lipinski definition) is 3. The molecule has 188 valence electrons. The molecular weight excluding hydrogens is 457 g/mol. The van der Waals surface area contributed by atoms with Crippen LogP contribution in [-0.2, 0) is 11.0 Å². The van der Waals surface area contributed by atoms with Crippen molar-refractivity contribution in [3.8, 4) is 0 Å². The maximum absolute atomic E-state index is 13.1. The van der Waals surface area contributed by atoms with Gasteiger partial charge in [-0.3, -0.25) is 14.7 Å². The first-order chi connectivity index (χ1) is 16.7. The Labute approximate surface area is 202 Å². The number of carbonyl (C=O) groups excluding carboxylic acids is 1. The van der Waals surface area contributed by atoms with E-state index in [1.807, 2.05) is 0 Å². The third-order valence-electron chi connectivity index (χ3n) is 7.87. The number of nitrogens with one attached hydrogen (secondary N) is 2. The molecule has 2 aromatic rings. The molecule has 35 heavy (non-hydrogen) atoms. The van der Waals surface area contributed by atoms with Crippen LogP contribution in [0, 0.1) is 5.92 Å². The zero-order chi connectivity index (χ0) is 24.6. The summed E-state index contributed by atoms with van der Waals surface area (Å²) >= 11 is 0. The summed E-state index contributed by atoms with van der Waals surface area (Å²) in [7, 11) is 0. The fourth-order valence-corrected chi connectivity index (χ4v) is 5.80. The zero-order valence-electron chi connectivity index (χ0n) is 19.5. The number of benzene rings is 1. The molecule has 1 aliphatic heterocycles. The first-order valence-electron chi connectivity index (χ1n) is 12.3. The molecule has 1 saturated carbocycles. The van der Waals surface area contributed by atoms with E-state index in [0.717, 1.165) is 63.7 Å². The Morgan fingerprint density at radius 3 is 2.51 bits per heavy atom. The van der Waals surface area contributed by atoms with Crippen molar-refractivity contribution in [3.05, 3.63) is 48.2 Å². The summed E-state index contributed by atoms with van der Waals surface area (Å²) in [5.74, 6) is 0.180. The van der Waals surface area contributed by atoms with Gasteiger partial charge in [0.2, 0.25) is 5.91 Å².